The molecule has 1 heterocycles. The fourth-order valence-corrected chi connectivity index (χ4v) is 4.74. The first kappa shape index (κ1) is 23.3. The topological polar surface area (TPSA) is 12.5 Å². The second-order valence-electron chi connectivity index (χ2n) is 8.97. The maximum atomic E-state index is 6.23. The lowest BCUT2D eigenvalue weighted by molar-refractivity contribution is 0.183. The maximum Gasteiger partial charge on any atom is 0.119 e. The first-order chi connectivity index (χ1) is 16.3. The summed E-state index contributed by atoms with van der Waals surface area (Å²) in [6.45, 7) is 6.46. The molecule has 0 bridgehead atoms. The molecular formula is C31H37NO. The minimum atomic E-state index is 0.752. The van der Waals surface area contributed by atoms with E-state index in [1.807, 2.05) is 0 Å². The van der Waals surface area contributed by atoms with Crippen LogP contribution in [0.15, 0.2) is 84.9 Å². The van der Waals surface area contributed by atoms with Crippen LogP contribution >= 0.6 is 0 Å². The van der Waals surface area contributed by atoms with Gasteiger partial charge in [0.15, 0.2) is 0 Å². The van der Waals surface area contributed by atoms with Crippen LogP contribution in [-0.2, 0) is 0 Å². The van der Waals surface area contributed by atoms with Crippen molar-refractivity contribution in [1.29, 1.82) is 0 Å². The molecule has 0 aliphatic carbocycles. The number of hydrogen-bond acceptors (Lipinski definition) is 2. The number of piperidine rings is 1. The number of nitrogens with zero attached hydrogens (tertiary/aromatic N) is 1. The minimum Gasteiger partial charge on any atom is -0.492 e. The highest BCUT2D eigenvalue weighted by Gasteiger charge is 2.15. The van der Waals surface area contributed by atoms with Crippen LogP contribution in [0.2, 0.25) is 0 Å². The third-order valence-corrected chi connectivity index (χ3v) is 6.51. The molecule has 0 N–H and O–H groups in total. The third-order valence-electron chi connectivity index (χ3n) is 6.51. The van der Waals surface area contributed by atoms with Crippen molar-refractivity contribution in [3.8, 4) is 5.75 Å². The maximum absolute atomic E-state index is 6.23. The number of allylic oxidation sites excluding steroid dienone is 1. The average molecular weight is 440 g/mol. The van der Waals surface area contributed by atoms with E-state index in [2.05, 4.69) is 96.8 Å². The first-order valence-electron chi connectivity index (χ1n) is 12.6. The lowest BCUT2D eigenvalue weighted by atomic mass is 9.87. The summed E-state index contributed by atoms with van der Waals surface area (Å²) in [6.07, 6.45) is 7.40. The number of hydrogen-bond donors (Lipinski definition) is 0. The van der Waals surface area contributed by atoms with Crippen molar-refractivity contribution in [2.45, 2.75) is 45.4 Å². The molecule has 1 fully saturated rings. The Morgan fingerprint density at radius 2 is 1.39 bits per heavy atom. The number of ether oxygens (including phenoxy) is 1. The second-order valence-corrected chi connectivity index (χ2v) is 8.97. The minimum absolute atomic E-state index is 0.752. The summed E-state index contributed by atoms with van der Waals surface area (Å²) in [6, 6.07) is 30.4. The zero-order valence-electron chi connectivity index (χ0n) is 20.0. The summed E-state index contributed by atoms with van der Waals surface area (Å²) < 4.78 is 6.23. The van der Waals surface area contributed by atoms with Gasteiger partial charge in [-0.1, -0.05) is 92.6 Å². The molecule has 0 radical (unpaired) electrons. The Balaban J connectivity index is 1.65. The van der Waals surface area contributed by atoms with Gasteiger partial charge < -0.3 is 4.74 Å². The van der Waals surface area contributed by atoms with Crippen LogP contribution in [0, 0.1) is 0 Å². The largest absolute Gasteiger partial charge is 0.492 e. The molecule has 0 unspecified atom stereocenters. The van der Waals surface area contributed by atoms with Gasteiger partial charge in [0.2, 0.25) is 0 Å². The molecule has 0 amide bonds. The molecule has 0 atom stereocenters. The van der Waals surface area contributed by atoms with Crippen LogP contribution < -0.4 is 4.74 Å². The number of benzene rings is 3. The lowest BCUT2D eigenvalue weighted by Gasteiger charge is -2.26. The van der Waals surface area contributed by atoms with E-state index in [0.29, 0.717) is 0 Å². The molecular weight excluding hydrogens is 402 g/mol. The Bertz CT molecular complexity index is 962. The first-order valence-corrected chi connectivity index (χ1v) is 12.6. The van der Waals surface area contributed by atoms with Crippen LogP contribution in [-0.4, -0.2) is 31.1 Å². The fraction of sp³-hybridized carbons (Fsp3) is 0.355. The van der Waals surface area contributed by atoms with E-state index in [1.54, 1.807) is 0 Å². The third kappa shape index (κ3) is 6.58. The predicted octanol–water partition coefficient (Wildman–Crippen LogP) is 7.70. The van der Waals surface area contributed by atoms with Gasteiger partial charge in [-0.2, -0.15) is 0 Å². The van der Waals surface area contributed by atoms with Crippen molar-refractivity contribution >= 4 is 11.1 Å². The number of rotatable bonds is 10. The molecule has 3 aromatic rings. The SMILES string of the molecule is CCCCC(=C(c1ccccc1)c1ccccc1)c1cccc(OCCN2CCCCC2)c1. The molecule has 1 aliphatic heterocycles. The molecule has 1 aliphatic rings. The highest BCUT2D eigenvalue weighted by molar-refractivity contribution is 5.98. The molecule has 4 rings (SSSR count). The fourth-order valence-electron chi connectivity index (χ4n) is 4.74. The molecule has 172 valence electrons. The highest BCUT2D eigenvalue weighted by atomic mass is 16.5. The molecule has 3 aromatic carbocycles. The van der Waals surface area contributed by atoms with E-state index in [1.165, 1.54) is 73.0 Å². The van der Waals surface area contributed by atoms with Crippen LogP contribution in [0.4, 0.5) is 0 Å². The van der Waals surface area contributed by atoms with Crippen molar-refractivity contribution in [1.82, 2.24) is 4.90 Å². The van der Waals surface area contributed by atoms with Crippen molar-refractivity contribution < 1.29 is 4.74 Å². The summed E-state index contributed by atoms with van der Waals surface area (Å²) in [5.41, 5.74) is 6.53. The summed E-state index contributed by atoms with van der Waals surface area (Å²) in [5, 5.41) is 0. The second kappa shape index (κ2) is 12.4. The van der Waals surface area contributed by atoms with Gasteiger partial charge in [-0.05, 0) is 78.7 Å². The van der Waals surface area contributed by atoms with Crippen molar-refractivity contribution in [3.63, 3.8) is 0 Å². The Kier molecular flexibility index (Phi) is 8.77. The van der Waals surface area contributed by atoms with Gasteiger partial charge in [-0.15, -0.1) is 0 Å². The monoisotopic (exact) mass is 439 g/mol. The normalized spacial score (nSPS) is 14.1. The van der Waals surface area contributed by atoms with Gasteiger partial charge in [-0.3, -0.25) is 4.90 Å². The van der Waals surface area contributed by atoms with Gasteiger partial charge in [-0.25, -0.2) is 0 Å². The molecule has 2 heteroatoms. The van der Waals surface area contributed by atoms with Crippen LogP contribution in [0.25, 0.3) is 11.1 Å². The summed E-state index contributed by atoms with van der Waals surface area (Å²) >= 11 is 0. The summed E-state index contributed by atoms with van der Waals surface area (Å²) in [5.74, 6) is 0.971. The standard InChI is InChI=1S/C31H37NO/c1-2-3-20-30(31(26-14-7-4-8-15-26)27-16-9-5-10-17-27)28-18-13-19-29(25-28)33-24-23-32-21-11-6-12-22-32/h4-5,7-10,13-19,25H,2-3,6,11-12,20-24H2,1H3. The van der Waals surface area contributed by atoms with E-state index in [0.717, 1.165) is 25.3 Å². The van der Waals surface area contributed by atoms with Gasteiger partial charge in [0.1, 0.15) is 12.4 Å². The molecule has 0 aromatic heterocycles. The van der Waals surface area contributed by atoms with E-state index in [9.17, 15) is 0 Å². The van der Waals surface area contributed by atoms with E-state index >= 15 is 0 Å². The van der Waals surface area contributed by atoms with Gasteiger partial charge in [0.25, 0.3) is 0 Å². The molecule has 1 saturated heterocycles. The molecule has 2 nitrogen and oxygen atoms in total. The van der Waals surface area contributed by atoms with Gasteiger partial charge in [0, 0.05) is 6.54 Å². The Labute approximate surface area is 199 Å². The summed E-state index contributed by atoms with van der Waals surface area (Å²) in [4.78, 5) is 2.53. The number of likely N-dealkylation sites (tertiary alicyclic amines) is 1. The highest BCUT2D eigenvalue weighted by Crippen LogP contribution is 2.36. The average Bonchev–Trinajstić information content (AvgIpc) is 2.88. The van der Waals surface area contributed by atoms with Crippen molar-refractivity contribution in [3.05, 3.63) is 102 Å². The van der Waals surface area contributed by atoms with Gasteiger partial charge in [0.05, 0.1) is 0 Å². The Morgan fingerprint density at radius 1 is 0.758 bits per heavy atom. The zero-order valence-corrected chi connectivity index (χ0v) is 20.0. The van der Waals surface area contributed by atoms with E-state index in [-0.39, 0.29) is 0 Å². The molecule has 0 spiro atoms. The molecule has 0 saturated carbocycles. The van der Waals surface area contributed by atoms with Crippen LogP contribution in [0.3, 0.4) is 0 Å². The van der Waals surface area contributed by atoms with E-state index in [4.69, 9.17) is 4.74 Å². The van der Waals surface area contributed by atoms with Gasteiger partial charge >= 0.3 is 0 Å². The van der Waals surface area contributed by atoms with Crippen molar-refractivity contribution in [2.75, 3.05) is 26.2 Å². The van der Waals surface area contributed by atoms with Crippen LogP contribution in [0.5, 0.6) is 5.75 Å². The van der Waals surface area contributed by atoms with E-state index < -0.39 is 0 Å². The Hall–Kier alpha value is -2.84. The predicted molar refractivity (Wildman–Crippen MR) is 141 cm³/mol. The lowest BCUT2D eigenvalue weighted by Crippen LogP contribution is -2.33. The Morgan fingerprint density at radius 3 is 2.03 bits per heavy atom. The molecule has 33 heavy (non-hydrogen) atoms. The zero-order chi connectivity index (χ0) is 22.7. The van der Waals surface area contributed by atoms with Crippen molar-refractivity contribution in [2.24, 2.45) is 0 Å². The summed E-state index contributed by atoms with van der Waals surface area (Å²) in [7, 11) is 0. The quantitative estimate of drug-likeness (QED) is 0.300. The number of unbranched alkanes of at least 4 members (excludes halogenated alkanes) is 1. The smallest absolute Gasteiger partial charge is 0.119 e. The van der Waals surface area contributed by atoms with Crippen LogP contribution in [0.1, 0.15) is 62.1 Å².